The van der Waals surface area contributed by atoms with Gasteiger partial charge in [-0.3, -0.25) is 0 Å². The summed E-state index contributed by atoms with van der Waals surface area (Å²) in [5.41, 5.74) is 18.6. The van der Waals surface area contributed by atoms with Crippen molar-refractivity contribution < 1.29 is 0 Å². The van der Waals surface area contributed by atoms with E-state index in [-0.39, 0.29) is 10.8 Å². The standard InChI is InChI=1S/C62H46/c1-61(2,3)40-25-20-36(21-26-40)55-49-31-30-43-47(29-24-39-32-51-45-16-9-13-35-14-10-17-46(54(35)45)52(51)34-50(39)43)58(49)56(37-22-27-41(28-23-37)62(4,5)6)60-53-33-38-12-7-8-15-42(38)44-18-11-19-48(57(44)53)59(55)60/h7-34H,1-6H3. The molecule has 0 bridgehead atoms. The zero-order valence-corrected chi connectivity index (χ0v) is 36.2. The van der Waals surface area contributed by atoms with Crippen LogP contribution in [0.1, 0.15) is 52.7 Å². The molecule has 0 unspecified atom stereocenters. The highest BCUT2D eigenvalue weighted by atomic mass is 14.4. The van der Waals surface area contributed by atoms with Crippen LogP contribution in [0.3, 0.4) is 0 Å². The molecule has 0 aromatic heterocycles. The SMILES string of the molecule is CC(C)(C)c1ccc(-c2c3c(c(-c4ccc(C(C)(C)C)cc4)c4c2ccc2c5cc6c(cc5ccc24)-c2cccc4cccc-6c24)-c2cc4ccccc4c4cccc-3c24)cc1. The molecule has 0 N–H and O–H groups in total. The first-order valence-corrected chi connectivity index (χ1v) is 22.3. The van der Waals surface area contributed by atoms with Gasteiger partial charge in [0.1, 0.15) is 0 Å². The van der Waals surface area contributed by atoms with Crippen molar-refractivity contribution in [3.8, 4) is 66.8 Å². The summed E-state index contributed by atoms with van der Waals surface area (Å²) in [6, 6.07) is 65.6. The summed E-state index contributed by atoms with van der Waals surface area (Å²) in [7, 11) is 0. The van der Waals surface area contributed by atoms with Gasteiger partial charge in [0, 0.05) is 0 Å². The fourth-order valence-corrected chi connectivity index (χ4v) is 11.4. The number of hydrogen-bond donors (Lipinski definition) is 0. The van der Waals surface area contributed by atoms with Crippen LogP contribution in [-0.2, 0) is 10.8 Å². The molecule has 0 aliphatic heterocycles. The highest BCUT2D eigenvalue weighted by Crippen LogP contribution is 2.60. The molecule has 0 nitrogen and oxygen atoms in total. The van der Waals surface area contributed by atoms with Crippen molar-refractivity contribution >= 4 is 64.6 Å². The topological polar surface area (TPSA) is 0 Å². The average molecular weight is 791 g/mol. The molecule has 0 spiro atoms. The van der Waals surface area contributed by atoms with Crippen molar-refractivity contribution in [3.05, 3.63) is 181 Å². The lowest BCUT2D eigenvalue weighted by atomic mass is 9.79. The third kappa shape index (κ3) is 4.84. The Kier molecular flexibility index (Phi) is 7.09. The van der Waals surface area contributed by atoms with Crippen LogP contribution in [0, 0.1) is 0 Å². The van der Waals surface area contributed by atoms with Gasteiger partial charge in [-0.15, -0.1) is 0 Å². The average Bonchev–Trinajstić information content (AvgIpc) is 3.77. The van der Waals surface area contributed by atoms with Gasteiger partial charge in [0.25, 0.3) is 0 Å². The zero-order valence-electron chi connectivity index (χ0n) is 36.2. The van der Waals surface area contributed by atoms with Gasteiger partial charge in [0.15, 0.2) is 0 Å². The molecule has 0 heteroatoms. The van der Waals surface area contributed by atoms with Crippen molar-refractivity contribution in [2.24, 2.45) is 0 Å². The fraction of sp³-hybridized carbons (Fsp3) is 0.129. The number of rotatable bonds is 2. The van der Waals surface area contributed by atoms with E-state index in [1.165, 1.54) is 143 Å². The molecule has 0 saturated heterocycles. The predicted molar refractivity (Wildman–Crippen MR) is 269 cm³/mol. The lowest BCUT2D eigenvalue weighted by Crippen LogP contribution is -2.10. The van der Waals surface area contributed by atoms with Crippen LogP contribution < -0.4 is 0 Å². The Hall–Kier alpha value is -7.02. The molecule has 294 valence electrons. The first-order chi connectivity index (χ1) is 30.0. The van der Waals surface area contributed by atoms with E-state index in [0.717, 1.165) is 0 Å². The van der Waals surface area contributed by atoms with Crippen LogP contribution in [0.4, 0.5) is 0 Å². The summed E-state index contributed by atoms with van der Waals surface area (Å²) < 4.78 is 0. The van der Waals surface area contributed by atoms with Gasteiger partial charge in [-0.1, -0.05) is 193 Å². The monoisotopic (exact) mass is 790 g/mol. The quantitative estimate of drug-likeness (QED) is 0.153. The highest BCUT2D eigenvalue weighted by Gasteiger charge is 2.33. The maximum atomic E-state index is 2.49. The van der Waals surface area contributed by atoms with Crippen LogP contribution in [0.15, 0.2) is 170 Å². The highest BCUT2D eigenvalue weighted by molar-refractivity contribution is 6.35. The minimum absolute atomic E-state index is 0.0439. The van der Waals surface area contributed by atoms with Crippen LogP contribution in [-0.4, -0.2) is 0 Å². The molecule has 0 fully saturated rings. The van der Waals surface area contributed by atoms with Crippen LogP contribution >= 0.6 is 0 Å². The molecule has 13 rings (SSSR count). The number of fused-ring (bicyclic) bond motifs is 13. The van der Waals surface area contributed by atoms with E-state index in [2.05, 4.69) is 211 Å². The molecular weight excluding hydrogens is 745 g/mol. The Morgan fingerprint density at radius 3 is 1.45 bits per heavy atom. The van der Waals surface area contributed by atoms with Gasteiger partial charge in [0.2, 0.25) is 0 Å². The number of benzene rings is 11. The molecule has 0 atom stereocenters. The van der Waals surface area contributed by atoms with Crippen LogP contribution in [0.25, 0.3) is 131 Å². The summed E-state index contributed by atoms with van der Waals surface area (Å²) in [6.45, 7) is 13.9. The first-order valence-electron chi connectivity index (χ1n) is 22.3. The normalized spacial score (nSPS) is 13.0. The molecule has 0 radical (unpaired) electrons. The van der Waals surface area contributed by atoms with E-state index in [1.807, 2.05) is 0 Å². The molecule has 0 saturated carbocycles. The summed E-state index contributed by atoms with van der Waals surface area (Å²) in [5.74, 6) is 0. The summed E-state index contributed by atoms with van der Waals surface area (Å²) in [5, 5.41) is 15.7. The van der Waals surface area contributed by atoms with Crippen molar-refractivity contribution in [2.75, 3.05) is 0 Å². The van der Waals surface area contributed by atoms with Crippen molar-refractivity contribution in [1.82, 2.24) is 0 Å². The maximum Gasteiger partial charge on any atom is -0.000697 e. The molecule has 62 heavy (non-hydrogen) atoms. The van der Waals surface area contributed by atoms with Crippen molar-refractivity contribution in [1.29, 1.82) is 0 Å². The second-order valence-corrected chi connectivity index (χ2v) is 20.0. The first kappa shape index (κ1) is 35.7. The van der Waals surface area contributed by atoms with Gasteiger partial charge in [-0.2, -0.15) is 0 Å². The van der Waals surface area contributed by atoms with Crippen molar-refractivity contribution in [2.45, 2.75) is 52.4 Å². The Morgan fingerprint density at radius 2 is 0.758 bits per heavy atom. The second-order valence-electron chi connectivity index (χ2n) is 20.0. The minimum atomic E-state index is 0.0439. The smallest absolute Gasteiger partial charge is 0.000697 e. The van der Waals surface area contributed by atoms with Gasteiger partial charge < -0.3 is 0 Å². The number of hydrogen-bond acceptors (Lipinski definition) is 0. The molecule has 0 heterocycles. The Balaban J connectivity index is 1.21. The van der Waals surface area contributed by atoms with Crippen molar-refractivity contribution in [3.63, 3.8) is 0 Å². The van der Waals surface area contributed by atoms with Gasteiger partial charge in [-0.25, -0.2) is 0 Å². The summed E-state index contributed by atoms with van der Waals surface area (Å²) in [4.78, 5) is 0. The van der Waals surface area contributed by atoms with Crippen LogP contribution in [0.5, 0.6) is 0 Å². The molecule has 2 aliphatic rings. The largest absolute Gasteiger partial charge is 0.0616 e. The molecular formula is C62H46. The molecule has 11 aromatic carbocycles. The minimum Gasteiger partial charge on any atom is -0.0616 e. The lowest BCUT2D eigenvalue weighted by Gasteiger charge is -2.24. The van der Waals surface area contributed by atoms with E-state index in [0.29, 0.717) is 0 Å². The third-order valence-corrected chi connectivity index (χ3v) is 14.4. The zero-order chi connectivity index (χ0) is 41.8. The Labute approximate surface area is 363 Å². The van der Waals surface area contributed by atoms with Gasteiger partial charge in [-0.05, 0) is 172 Å². The summed E-state index contributed by atoms with van der Waals surface area (Å²) >= 11 is 0. The Bertz CT molecular complexity index is 3760. The van der Waals surface area contributed by atoms with E-state index >= 15 is 0 Å². The Morgan fingerprint density at radius 1 is 0.258 bits per heavy atom. The van der Waals surface area contributed by atoms with Crippen LogP contribution in [0.2, 0.25) is 0 Å². The van der Waals surface area contributed by atoms with E-state index < -0.39 is 0 Å². The summed E-state index contributed by atoms with van der Waals surface area (Å²) in [6.07, 6.45) is 0. The fourth-order valence-electron chi connectivity index (χ4n) is 11.4. The maximum absolute atomic E-state index is 2.49. The molecule has 2 aliphatic carbocycles. The molecule has 0 amide bonds. The van der Waals surface area contributed by atoms with E-state index in [9.17, 15) is 0 Å². The lowest BCUT2D eigenvalue weighted by molar-refractivity contribution is 0.590. The van der Waals surface area contributed by atoms with Gasteiger partial charge in [0.05, 0.1) is 0 Å². The second kappa shape index (κ2) is 12.3. The van der Waals surface area contributed by atoms with E-state index in [1.54, 1.807) is 0 Å². The molecule has 11 aromatic rings. The van der Waals surface area contributed by atoms with Gasteiger partial charge >= 0.3 is 0 Å². The predicted octanol–water partition coefficient (Wildman–Crippen LogP) is 17.8. The third-order valence-electron chi connectivity index (χ3n) is 14.4. The van der Waals surface area contributed by atoms with E-state index in [4.69, 9.17) is 0 Å².